The maximum absolute atomic E-state index is 11.7. The maximum Gasteiger partial charge on any atom is 0.340 e. The third kappa shape index (κ3) is 4.27. The highest BCUT2D eigenvalue weighted by molar-refractivity contribution is 7.70. The van der Waals surface area contributed by atoms with Crippen molar-refractivity contribution in [1.29, 1.82) is 0 Å². The molecule has 1 saturated heterocycles. The lowest BCUT2D eigenvalue weighted by Crippen LogP contribution is -2.26. The Morgan fingerprint density at radius 2 is 2.08 bits per heavy atom. The lowest BCUT2D eigenvalue weighted by molar-refractivity contribution is -0.0209. The van der Waals surface area contributed by atoms with E-state index in [0.29, 0.717) is 11.3 Å². The molecular weight excluding hydrogens is 392 g/mol. The molecule has 0 radical (unpaired) electrons. The first kappa shape index (κ1) is 19.3. The molecule has 26 heavy (non-hydrogen) atoms. The Hall–Kier alpha value is -1.43. The van der Waals surface area contributed by atoms with E-state index in [1.54, 1.807) is 0 Å². The first-order valence-electron chi connectivity index (χ1n) is 7.34. The van der Waals surface area contributed by atoms with E-state index in [1.165, 1.54) is 17.0 Å². The van der Waals surface area contributed by atoms with Gasteiger partial charge in [0.15, 0.2) is 17.5 Å². The second-order valence-corrected chi connectivity index (χ2v) is 9.76. The number of nitrogens with two attached hydrogens (primary N) is 1. The molecule has 1 aliphatic heterocycles. The third-order valence-corrected chi connectivity index (χ3v) is 7.16. The van der Waals surface area contributed by atoms with Gasteiger partial charge in [0.2, 0.25) is 0 Å². The van der Waals surface area contributed by atoms with Gasteiger partial charge in [-0.25, -0.2) is 14.5 Å². The molecule has 3 rings (SSSR count). The Labute approximate surface area is 146 Å². The van der Waals surface area contributed by atoms with Crippen molar-refractivity contribution in [3.8, 4) is 0 Å². The highest BCUT2D eigenvalue weighted by Crippen LogP contribution is 2.55. The third-order valence-electron chi connectivity index (χ3n) is 3.71. The quantitative estimate of drug-likeness (QED) is 0.373. The van der Waals surface area contributed by atoms with Crippen LogP contribution in [0.2, 0.25) is 0 Å². The maximum atomic E-state index is 11.7. The van der Waals surface area contributed by atoms with E-state index in [2.05, 4.69) is 15.1 Å². The van der Waals surface area contributed by atoms with Crippen LogP contribution in [0, 0.1) is 0 Å². The van der Waals surface area contributed by atoms with Crippen molar-refractivity contribution in [2.45, 2.75) is 24.7 Å². The van der Waals surface area contributed by atoms with Crippen molar-refractivity contribution < 1.29 is 38.2 Å². The summed E-state index contributed by atoms with van der Waals surface area (Å²) < 4.78 is 34.2. The van der Waals surface area contributed by atoms with Gasteiger partial charge in [0, 0.05) is 6.42 Å². The number of aliphatic hydroxyl groups is 1. The second-order valence-electron chi connectivity index (χ2n) is 5.76. The Kier molecular flexibility index (Phi) is 5.17. The lowest BCUT2D eigenvalue weighted by Gasteiger charge is -2.18. The van der Waals surface area contributed by atoms with E-state index >= 15 is 0 Å². The SMILES string of the molecule is Nc1ncnn2c([C@H]3C[C@H](O)[C@@H](COP(=O)(O)CP(=O)(O)O)O3)ncc12. The molecule has 0 saturated carbocycles. The van der Waals surface area contributed by atoms with Gasteiger partial charge in [-0.15, -0.1) is 0 Å². The van der Waals surface area contributed by atoms with Crippen LogP contribution in [0.25, 0.3) is 5.52 Å². The Morgan fingerprint density at radius 1 is 1.35 bits per heavy atom. The molecule has 1 fully saturated rings. The molecule has 0 bridgehead atoms. The van der Waals surface area contributed by atoms with Gasteiger partial charge in [-0.3, -0.25) is 9.13 Å². The number of aromatic nitrogens is 4. The predicted molar refractivity (Wildman–Crippen MR) is 86.1 cm³/mol. The number of hydrogen-bond acceptors (Lipinski definition) is 9. The van der Waals surface area contributed by atoms with Crippen molar-refractivity contribution in [2.24, 2.45) is 0 Å². The van der Waals surface area contributed by atoms with Crippen LogP contribution >= 0.6 is 15.2 Å². The summed E-state index contributed by atoms with van der Waals surface area (Å²) in [5.41, 5.74) is 6.18. The van der Waals surface area contributed by atoms with Crippen molar-refractivity contribution in [3.05, 3.63) is 18.3 Å². The van der Waals surface area contributed by atoms with Gasteiger partial charge in [-0.05, 0) is 0 Å². The zero-order valence-corrected chi connectivity index (χ0v) is 15.0. The molecule has 13 nitrogen and oxygen atoms in total. The first-order valence-corrected chi connectivity index (χ1v) is 10.9. The van der Waals surface area contributed by atoms with Gasteiger partial charge in [0.1, 0.15) is 24.1 Å². The Bertz CT molecular complexity index is 900. The van der Waals surface area contributed by atoms with E-state index in [4.69, 9.17) is 24.8 Å². The largest absolute Gasteiger partial charge is 0.390 e. The standard InChI is InChI=1S/C11H17N5O8P2/c12-10-6-2-13-11(16(6)15-4-14-10)8-1-7(17)9(24-8)3-23-26(21,22)5-25(18,19)20/h2,4,7-9,17H,1,3,5H2,(H,21,22)(H2,12,14,15)(H2,18,19,20)/t7-,8+,9+/m0/s1. The highest BCUT2D eigenvalue weighted by Gasteiger charge is 2.39. The van der Waals surface area contributed by atoms with Crippen LogP contribution < -0.4 is 5.73 Å². The average Bonchev–Trinajstić information content (AvgIpc) is 3.07. The fraction of sp³-hybridized carbons (Fsp3) is 0.545. The molecule has 6 N–H and O–H groups in total. The molecule has 2 aromatic rings. The summed E-state index contributed by atoms with van der Waals surface area (Å²) in [5, 5.41) is 14.1. The summed E-state index contributed by atoms with van der Waals surface area (Å²) >= 11 is 0. The number of aliphatic hydroxyl groups excluding tert-OH is 1. The number of fused-ring (bicyclic) bond motifs is 1. The van der Waals surface area contributed by atoms with Crippen LogP contribution in [0.1, 0.15) is 18.3 Å². The van der Waals surface area contributed by atoms with Gasteiger partial charge in [-0.1, -0.05) is 0 Å². The molecule has 1 unspecified atom stereocenters. The van der Waals surface area contributed by atoms with E-state index < -0.39 is 46.0 Å². The number of hydrogen-bond donors (Lipinski definition) is 5. The van der Waals surface area contributed by atoms with Crippen LogP contribution in [0.4, 0.5) is 5.82 Å². The smallest absolute Gasteiger partial charge is 0.340 e. The van der Waals surface area contributed by atoms with Crippen molar-refractivity contribution in [2.75, 3.05) is 18.2 Å². The van der Waals surface area contributed by atoms with Crippen LogP contribution in [-0.2, 0) is 18.4 Å². The number of anilines is 1. The molecule has 1 aliphatic rings. The summed E-state index contributed by atoms with van der Waals surface area (Å²) in [7, 11) is -9.26. The number of ether oxygens (including phenoxy) is 1. The van der Waals surface area contributed by atoms with Crippen LogP contribution in [0.3, 0.4) is 0 Å². The minimum atomic E-state index is -4.73. The van der Waals surface area contributed by atoms with Crippen LogP contribution in [-0.4, -0.2) is 64.1 Å². The van der Waals surface area contributed by atoms with Crippen molar-refractivity contribution in [3.63, 3.8) is 0 Å². The fourth-order valence-electron chi connectivity index (χ4n) is 2.59. The Morgan fingerprint density at radius 3 is 2.77 bits per heavy atom. The molecular formula is C11H17N5O8P2. The molecule has 2 aromatic heterocycles. The number of nitrogen functional groups attached to an aromatic ring is 1. The second kappa shape index (κ2) is 6.95. The first-order chi connectivity index (χ1) is 12.1. The lowest BCUT2D eigenvalue weighted by atomic mass is 10.1. The van der Waals surface area contributed by atoms with Gasteiger partial charge >= 0.3 is 15.2 Å². The zero-order chi connectivity index (χ0) is 19.1. The molecule has 4 atom stereocenters. The molecule has 0 aromatic carbocycles. The normalized spacial score (nSPS) is 26.2. The highest BCUT2D eigenvalue weighted by atomic mass is 31.2. The van der Waals surface area contributed by atoms with Gasteiger partial charge in [-0.2, -0.15) is 5.10 Å². The van der Waals surface area contributed by atoms with Gasteiger partial charge < -0.3 is 34.8 Å². The number of rotatable bonds is 6. The van der Waals surface area contributed by atoms with E-state index in [9.17, 15) is 19.1 Å². The summed E-state index contributed by atoms with van der Waals surface area (Å²) in [6, 6.07) is 0. The minimum Gasteiger partial charge on any atom is -0.390 e. The number of imidazole rings is 1. The number of nitrogens with zero attached hydrogens (tertiary/aromatic N) is 4. The summed E-state index contributed by atoms with van der Waals surface area (Å²) in [5.74, 6) is -0.734. The Balaban J connectivity index is 1.69. The van der Waals surface area contributed by atoms with Crippen LogP contribution in [0.5, 0.6) is 0 Å². The summed E-state index contributed by atoms with van der Waals surface area (Å²) in [6.07, 6.45) is 0.0988. The van der Waals surface area contributed by atoms with Gasteiger partial charge in [0.25, 0.3) is 0 Å². The molecule has 15 heteroatoms. The molecule has 0 amide bonds. The topological polar surface area (TPSA) is 203 Å². The molecule has 144 valence electrons. The van der Waals surface area contributed by atoms with Crippen molar-refractivity contribution in [1.82, 2.24) is 19.6 Å². The van der Waals surface area contributed by atoms with E-state index in [0.717, 1.165) is 0 Å². The predicted octanol–water partition coefficient (Wildman–Crippen LogP) is -0.765. The fourth-order valence-corrected chi connectivity index (χ4v) is 5.16. The van der Waals surface area contributed by atoms with E-state index in [1.807, 2.05) is 0 Å². The minimum absolute atomic E-state index is 0.116. The summed E-state index contributed by atoms with van der Waals surface area (Å²) in [4.78, 5) is 35.0. The van der Waals surface area contributed by atoms with Crippen molar-refractivity contribution >= 4 is 26.5 Å². The zero-order valence-electron chi connectivity index (χ0n) is 13.2. The average molecular weight is 409 g/mol. The monoisotopic (exact) mass is 409 g/mol. The molecule has 3 heterocycles. The summed E-state index contributed by atoms with van der Waals surface area (Å²) in [6.45, 7) is -0.522. The van der Waals surface area contributed by atoms with E-state index in [-0.39, 0.29) is 12.2 Å². The van der Waals surface area contributed by atoms with Crippen LogP contribution in [0.15, 0.2) is 12.5 Å². The molecule has 0 aliphatic carbocycles. The van der Waals surface area contributed by atoms with Gasteiger partial charge in [0.05, 0.1) is 18.9 Å². The molecule has 0 spiro atoms.